The van der Waals surface area contributed by atoms with Crippen molar-refractivity contribution in [3.63, 3.8) is 0 Å². The molecule has 14 nitrogen and oxygen atoms in total. The Morgan fingerprint density at radius 2 is 1.09 bits per heavy atom. The van der Waals surface area contributed by atoms with E-state index in [1.165, 1.54) is 22.3 Å². The Labute approximate surface area is 389 Å². The SMILES string of the molecule is CN1CC[C@]23c4c5ccc(O)c4O[C@H]2C(=O)CC[C@@]3(O)[C@H]1C5.COC1=CC=C2[C@H]3Cc4ccc(O)c5c4[C@@]2(CCN3C)[C@H]1O5.COc1ccc2c3c1O[C@H]1C(=O)CC[C@@]4(O)[C@@H](C2)N(C)CC[C@]314. The Morgan fingerprint density at radius 1 is 0.582 bits per heavy atom. The highest BCUT2D eigenvalue weighted by Crippen LogP contribution is 2.67. The topological polar surface area (TPSA) is 171 Å². The summed E-state index contributed by atoms with van der Waals surface area (Å²) in [4.78, 5) is 32.1. The van der Waals surface area contributed by atoms with E-state index < -0.39 is 34.2 Å². The number of aromatic hydroxyl groups is 2. The van der Waals surface area contributed by atoms with E-state index in [1.54, 1.807) is 26.4 Å². The largest absolute Gasteiger partial charge is 0.504 e. The third kappa shape index (κ3) is 4.84. The number of nitrogens with zero attached hydrogens (tertiary/aromatic N) is 3. The van der Waals surface area contributed by atoms with Gasteiger partial charge in [0, 0.05) is 47.7 Å². The lowest BCUT2D eigenvalue weighted by atomic mass is 9.49. The number of carbonyl (C=O) groups is 2. The number of ketones is 2. The Bertz CT molecular complexity index is 2790. The third-order valence-electron chi connectivity index (χ3n) is 19.2. The van der Waals surface area contributed by atoms with Gasteiger partial charge in [-0.3, -0.25) is 14.5 Å². The van der Waals surface area contributed by atoms with Crippen molar-refractivity contribution in [2.45, 2.75) is 128 Å². The molecular weight excluding hydrogens is 855 g/mol. The van der Waals surface area contributed by atoms with Crippen molar-refractivity contribution in [1.29, 1.82) is 0 Å². The Morgan fingerprint density at radius 3 is 1.67 bits per heavy atom. The summed E-state index contributed by atoms with van der Waals surface area (Å²) in [5, 5.41) is 43.9. The van der Waals surface area contributed by atoms with Gasteiger partial charge < -0.3 is 53.9 Å². The molecule has 5 fully saturated rings. The monoisotopic (exact) mass is 913 g/mol. The second-order valence-corrected chi connectivity index (χ2v) is 21.5. The van der Waals surface area contributed by atoms with E-state index in [4.69, 9.17) is 23.7 Å². The summed E-state index contributed by atoms with van der Waals surface area (Å²) in [5.74, 6) is 3.80. The first-order chi connectivity index (χ1) is 32.2. The molecule has 67 heavy (non-hydrogen) atoms. The molecule has 4 N–H and O–H groups in total. The van der Waals surface area contributed by atoms with Gasteiger partial charge in [-0.25, -0.2) is 0 Å². The van der Waals surface area contributed by atoms with Gasteiger partial charge in [-0.05, 0) is 139 Å². The number of carbonyl (C=O) groups excluding carboxylic acids is 2. The number of likely N-dealkylation sites (N-methyl/N-ethyl adjacent to an activating group) is 3. The summed E-state index contributed by atoms with van der Waals surface area (Å²) < 4.78 is 29.4. The summed E-state index contributed by atoms with van der Waals surface area (Å²) in [7, 11) is 9.64. The highest BCUT2D eigenvalue weighted by Gasteiger charge is 2.74. The molecule has 2 saturated carbocycles. The average molecular weight is 914 g/mol. The number of hydrogen-bond acceptors (Lipinski definition) is 14. The predicted molar refractivity (Wildman–Crippen MR) is 243 cm³/mol. The van der Waals surface area contributed by atoms with Crippen molar-refractivity contribution in [3.05, 3.63) is 93.3 Å². The molecule has 6 heterocycles. The zero-order valence-corrected chi connectivity index (χ0v) is 38.8. The number of phenolic OH excluding ortho intramolecular Hbond substituents is 2. The van der Waals surface area contributed by atoms with E-state index in [9.17, 15) is 30.0 Å². The van der Waals surface area contributed by atoms with E-state index in [1.807, 2.05) is 25.3 Å². The highest BCUT2D eigenvalue weighted by atomic mass is 16.5. The third-order valence-corrected chi connectivity index (χ3v) is 19.2. The molecule has 15 rings (SSSR count). The molecule has 14 heteroatoms. The van der Waals surface area contributed by atoms with Crippen molar-refractivity contribution in [2.75, 3.05) is 55.0 Å². The van der Waals surface area contributed by atoms with E-state index in [0.29, 0.717) is 61.1 Å². The number of phenols is 2. The van der Waals surface area contributed by atoms with E-state index in [0.717, 1.165) is 74.2 Å². The number of benzene rings is 3. The van der Waals surface area contributed by atoms with E-state index in [2.05, 4.69) is 47.0 Å². The quantitative estimate of drug-likeness (QED) is 0.292. The smallest absolute Gasteiger partial charge is 0.174 e. The molecule has 6 bridgehead atoms. The Hall–Kier alpha value is -5.12. The van der Waals surface area contributed by atoms with Crippen molar-refractivity contribution in [1.82, 2.24) is 14.7 Å². The minimum Gasteiger partial charge on any atom is -0.504 e. The van der Waals surface area contributed by atoms with Crippen LogP contribution >= 0.6 is 0 Å². The fraction of sp³-hybridized carbons (Fsp3) is 0.547. The standard InChI is InChI=1S/C18H21NO4.C18H19NO3.C17H19NO4/c1-19-8-7-17-14-10-3-4-12(22-2)15(14)23-16(17)11(20)5-6-18(17,21)13(19)9-10;1-19-8-7-18-11-4-6-14(21-2)17(18)22-16-13(20)5-3-10(15(16)18)9-12(11)19;1-18-7-6-16-13-9-2-3-10(19)14(13)22-15(16)11(20)4-5-17(16,21)12(18)8-9/h3-4,13,16,21H,5-9H2,1-2H3;3-6,12,17,20H,7-9H2,1-2H3;2-3,12,15,19,21H,4-8H2,1H3/t13-,16+,17+,18-;12-,17+,18+;12-,15+,16+,17-/m111/s1. The van der Waals surface area contributed by atoms with Gasteiger partial charge in [0.15, 0.2) is 64.4 Å². The number of likely N-dealkylation sites (tertiary alicyclic amines) is 3. The minimum absolute atomic E-state index is 0.00319. The van der Waals surface area contributed by atoms with Crippen LogP contribution < -0.4 is 18.9 Å². The average Bonchev–Trinajstić information content (AvgIpc) is 4.00. The molecule has 3 aromatic carbocycles. The fourth-order valence-corrected chi connectivity index (χ4v) is 16.2. The molecule has 3 aromatic rings. The number of allylic oxidation sites excluding steroid dienone is 2. The number of ether oxygens (including phenoxy) is 5. The van der Waals surface area contributed by atoms with Crippen molar-refractivity contribution in [3.8, 4) is 34.5 Å². The molecule has 6 aliphatic carbocycles. The number of methoxy groups -OCH3 is 2. The summed E-state index contributed by atoms with van der Waals surface area (Å²) >= 11 is 0. The first-order valence-corrected chi connectivity index (χ1v) is 24.2. The summed E-state index contributed by atoms with van der Waals surface area (Å²) in [5.41, 5.74) is 4.89. The van der Waals surface area contributed by atoms with Crippen LogP contribution in [0.25, 0.3) is 0 Å². The zero-order chi connectivity index (χ0) is 46.3. The van der Waals surface area contributed by atoms with E-state index in [-0.39, 0.29) is 46.7 Å². The first-order valence-electron chi connectivity index (χ1n) is 24.2. The van der Waals surface area contributed by atoms with Crippen LogP contribution in [0.15, 0.2) is 59.9 Å². The molecule has 6 aliphatic heterocycles. The molecule has 352 valence electrons. The number of aliphatic hydroxyl groups is 2. The lowest BCUT2D eigenvalue weighted by molar-refractivity contribution is -0.185. The number of piperidine rings is 3. The maximum Gasteiger partial charge on any atom is 0.174 e. The second-order valence-electron chi connectivity index (χ2n) is 21.5. The maximum atomic E-state index is 12.7. The minimum atomic E-state index is -0.954. The summed E-state index contributed by atoms with van der Waals surface area (Å²) in [6, 6.07) is 11.9. The van der Waals surface area contributed by atoms with Crippen LogP contribution in [0.2, 0.25) is 0 Å². The van der Waals surface area contributed by atoms with Crippen molar-refractivity contribution < 1.29 is 53.7 Å². The van der Waals surface area contributed by atoms with Crippen LogP contribution in [-0.4, -0.2) is 149 Å². The molecule has 0 amide bonds. The molecule has 12 aliphatic rings. The molecule has 11 atom stereocenters. The number of Topliss-reactive ketones (excluding diaryl/α,β-unsaturated/α-hetero) is 2. The maximum absolute atomic E-state index is 12.7. The lowest BCUT2D eigenvalue weighted by Crippen LogP contribution is -2.76. The van der Waals surface area contributed by atoms with Crippen LogP contribution in [0.5, 0.6) is 34.5 Å². The number of rotatable bonds is 2. The van der Waals surface area contributed by atoms with Gasteiger partial charge in [-0.2, -0.15) is 0 Å². The molecular formula is C53H59N3O11. The van der Waals surface area contributed by atoms with Gasteiger partial charge in [-0.15, -0.1) is 0 Å². The molecule has 0 aromatic heterocycles. The van der Waals surface area contributed by atoms with E-state index >= 15 is 0 Å². The van der Waals surface area contributed by atoms with Gasteiger partial charge in [0.1, 0.15) is 5.76 Å². The van der Waals surface area contributed by atoms with Crippen LogP contribution in [0.3, 0.4) is 0 Å². The Balaban J connectivity index is 0.0000000998. The van der Waals surface area contributed by atoms with Gasteiger partial charge in [0.25, 0.3) is 0 Å². The predicted octanol–water partition coefficient (Wildman–Crippen LogP) is 3.91. The molecule has 3 saturated heterocycles. The van der Waals surface area contributed by atoms with Gasteiger partial charge in [0.2, 0.25) is 0 Å². The molecule has 3 spiro atoms. The number of hydrogen-bond donors (Lipinski definition) is 4. The molecule has 0 unspecified atom stereocenters. The lowest BCUT2D eigenvalue weighted by Gasteiger charge is -2.62. The first kappa shape index (κ1) is 42.0. The van der Waals surface area contributed by atoms with Crippen LogP contribution in [0, 0.1) is 0 Å². The fourth-order valence-electron chi connectivity index (χ4n) is 16.2. The van der Waals surface area contributed by atoms with Gasteiger partial charge in [-0.1, -0.05) is 24.3 Å². The Kier molecular flexibility index (Phi) is 8.64. The van der Waals surface area contributed by atoms with Gasteiger partial charge >= 0.3 is 0 Å². The zero-order valence-electron chi connectivity index (χ0n) is 38.8. The van der Waals surface area contributed by atoms with Crippen molar-refractivity contribution in [2.24, 2.45) is 0 Å². The summed E-state index contributed by atoms with van der Waals surface area (Å²) in [6.07, 6.45) is 9.61. The van der Waals surface area contributed by atoms with Gasteiger partial charge in [0.05, 0.1) is 41.7 Å². The van der Waals surface area contributed by atoms with Crippen LogP contribution in [0.1, 0.15) is 78.3 Å². The summed E-state index contributed by atoms with van der Waals surface area (Å²) in [6.45, 7) is 2.73. The normalized spacial score (nSPS) is 39.0. The second kappa shape index (κ2) is 13.8. The van der Waals surface area contributed by atoms with Crippen LogP contribution in [-0.2, 0) is 49.8 Å². The molecule has 0 radical (unpaired) electrons. The van der Waals surface area contributed by atoms with Crippen molar-refractivity contribution >= 4 is 11.6 Å². The van der Waals surface area contributed by atoms with Crippen LogP contribution in [0.4, 0.5) is 0 Å². The highest BCUT2D eigenvalue weighted by molar-refractivity contribution is 5.91.